The SMILES string of the molecule is O=C(/C=C/c1ccncc1)c1c2ccccc2cc2ccccc12. The molecule has 2 nitrogen and oxygen atoms in total. The van der Waals surface area contributed by atoms with Gasteiger partial charge in [-0.05, 0) is 51.4 Å². The van der Waals surface area contributed by atoms with Gasteiger partial charge in [0.05, 0.1) is 0 Å². The van der Waals surface area contributed by atoms with E-state index in [9.17, 15) is 4.79 Å². The zero-order valence-corrected chi connectivity index (χ0v) is 13.0. The van der Waals surface area contributed by atoms with Gasteiger partial charge in [0.2, 0.25) is 0 Å². The predicted molar refractivity (Wildman–Crippen MR) is 99.1 cm³/mol. The predicted octanol–water partition coefficient (Wildman–Crippen LogP) is 5.28. The Balaban J connectivity index is 1.90. The van der Waals surface area contributed by atoms with Gasteiger partial charge in [0, 0.05) is 18.0 Å². The molecule has 0 saturated heterocycles. The fraction of sp³-hybridized carbons (Fsp3) is 0. The van der Waals surface area contributed by atoms with E-state index in [2.05, 4.69) is 11.1 Å². The van der Waals surface area contributed by atoms with Gasteiger partial charge in [0.1, 0.15) is 0 Å². The number of allylic oxidation sites excluding steroid dienone is 1. The number of pyridine rings is 1. The Hall–Kier alpha value is -3.26. The molecule has 114 valence electrons. The molecule has 2 heteroatoms. The number of carbonyl (C=O) groups excluding carboxylic acids is 1. The highest BCUT2D eigenvalue weighted by molar-refractivity contribution is 6.23. The normalized spacial score (nSPS) is 11.3. The second kappa shape index (κ2) is 6.09. The van der Waals surface area contributed by atoms with E-state index in [1.54, 1.807) is 18.5 Å². The lowest BCUT2D eigenvalue weighted by atomic mass is 9.94. The fourth-order valence-electron chi connectivity index (χ4n) is 3.01. The molecular weight excluding hydrogens is 294 g/mol. The maximum atomic E-state index is 12.9. The molecule has 0 aliphatic heterocycles. The minimum absolute atomic E-state index is 0.0137. The molecule has 0 radical (unpaired) electrons. The number of aromatic nitrogens is 1. The number of hydrogen-bond acceptors (Lipinski definition) is 2. The van der Waals surface area contributed by atoms with E-state index in [0.29, 0.717) is 0 Å². The smallest absolute Gasteiger partial charge is 0.187 e. The van der Waals surface area contributed by atoms with Crippen molar-refractivity contribution in [1.82, 2.24) is 4.98 Å². The molecule has 0 spiro atoms. The lowest BCUT2D eigenvalue weighted by molar-refractivity contribution is 0.105. The first kappa shape index (κ1) is 14.3. The van der Waals surface area contributed by atoms with Crippen molar-refractivity contribution in [2.75, 3.05) is 0 Å². The van der Waals surface area contributed by atoms with Gasteiger partial charge in [0.15, 0.2) is 5.78 Å². The molecule has 0 atom stereocenters. The fourth-order valence-corrected chi connectivity index (χ4v) is 3.01. The summed E-state index contributed by atoms with van der Waals surface area (Å²) >= 11 is 0. The zero-order chi connectivity index (χ0) is 16.4. The van der Waals surface area contributed by atoms with E-state index < -0.39 is 0 Å². The van der Waals surface area contributed by atoms with Crippen molar-refractivity contribution < 1.29 is 4.79 Å². The van der Waals surface area contributed by atoms with Crippen LogP contribution in [0.4, 0.5) is 0 Å². The quantitative estimate of drug-likeness (QED) is 0.292. The van der Waals surface area contributed by atoms with Crippen LogP contribution in [0.25, 0.3) is 27.6 Å². The largest absolute Gasteiger partial charge is 0.289 e. The molecule has 0 bridgehead atoms. The minimum Gasteiger partial charge on any atom is -0.289 e. The van der Waals surface area contributed by atoms with E-state index in [1.165, 1.54) is 0 Å². The summed E-state index contributed by atoms with van der Waals surface area (Å²) in [5.74, 6) is 0.0137. The lowest BCUT2D eigenvalue weighted by Crippen LogP contribution is -1.98. The molecule has 1 aromatic heterocycles. The van der Waals surface area contributed by atoms with Crippen molar-refractivity contribution in [3.05, 3.63) is 96.3 Å². The number of carbonyl (C=O) groups is 1. The number of ketones is 1. The third-order valence-electron chi connectivity index (χ3n) is 4.15. The van der Waals surface area contributed by atoms with Crippen molar-refractivity contribution in [3.8, 4) is 0 Å². The topological polar surface area (TPSA) is 30.0 Å². The van der Waals surface area contributed by atoms with Gasteiger partial charge >= 0.3 is 0 Å². The molecule has 0 aliphatic carbocycles. The van der Waals surface area contributed by atoms with Gasteiger partial charge in [0.25, 0.3) is 0 Å². The molecular formula is C22H15NO. The van der Waals surface area contributed by atoms with Gasteiger partial charge in [-0.1, -0.05) is 54.6 Å². The van der Waals surface area contributed by atoms with E-state index in [4.69, 9.17) is 0 Å². The van der Waals surface area contributed by atoms with E-state index >= 15 is 0 Å². The molecule has 0 fully saturated rings. The van der Waals surface area contributed by atoms with Gasteiger partial charge in [-0.2, -0.15) is 0 Å². The molecule has 0 unspecified atom stereocenters. The number of hydrogen-bond donors (Lipinski definition) is 0. The van der Waals surface area contributed by atoms with Crippen LogP contribution < -0.4 is 0 Å². The van der Waals surface area contributed by atoms with Crippen LogP contribution in [-0.2, 0) is 0 Å². The standard InChI is InChI=1S/C22H15NO/c24-21(10-9-16-11-13-23-14-12-16)22-19-7-3-1-5-17(19)15-18-6-2-4-8-20(18)22/h1-15H/b10-9+. The first-order valence-corrected chi connectivity index (χ1v) is 7.86. The second-order valence-electron chi connectivity index (χ2n) is 5.67. The molecule has 3 aromatic carbocycles. The monoisotopic (exact) mass is 309 g/mol. The van der Waals surface area contributed by atoms with E-state index in [-0.39, 0.29) is 5.78 Å². The summed E-state index contributed by atoms with van der Waals surface area (Å²) in [6.07, 6.45) is 6.92. The van der Waals surface area contributed by atoms with Crippen LogP contribution in [0.2, 0.25) is 0 Å². The Labute approximate surface area is 140 Å². The summed E-state index contributed by atoms with van der Waals surface area (Å²) in [5.41, 5.74) is 1.72. The van der Waals surface area contributed by atoms with Crippen molar-refractivity contribution >= 4 is 33.4 Å². The Bertz CT molecular complexity index is 1010. The molecule has 0 saturated carbocycles. The van der Waals surface area contributed by atoms with Crippen LogP contribution in [0, 0.1) is 0 Å². The van der Waals surface area contributed by atoms with Gasteiger partial charge in [-0.25, -0.2) is 0 Å². The van der Waals surface area contributed by atoms with Crippen LogP contribution in [0.15, 0.2) is 85.2 Å². The minimum atomic E-state index is 0.0137. The van der Waals surface area contributed by atoms with Gasteiger partial charge < -0.3 is 0 Å². The molecule has 4 rings (SSSR count). The molecule has 24 heavy (non-hydrogen) atoms. The van der Waals surface area contributed by atoms with E-state index in [1.807, 2.05) is 66.7 Å². The summed E-state index contributed by atoms with van der Waals surface area (Å²) in [6.45, 7) is 0. The number of nitrogens with zero attached hydrogens (tertiary/aromatic N) is 1. The Morgan fingerprint density at radius 2 is 1.38 bits per heavy atom. The summed E-state index contributed by atoms with van der Waals surface area (Å²) in [7, 11) is 0. The highest BCUT2D eigenvalue weighted by atomic mass is 16.1. The van der Waals surface area contributed by atoms with Gasteiger partial charge in [-0.3, -0.25) is 9.78 Å². The van der Waals surface area contributed by atoms with Crippen LogP contribution in [0.3, 0.4) is 0 Å². The Morgan fingerprint density at radius 1 is 0.792 bits per heavy atom. The maximum absolute atomic E-state index is 12.9. The van der Waals surface area contributed by atoms with Crippen molar-refractivity contribution in [3.63, 3.8) is 0 Å². The third-order valence-corrected chi connectivity index (χ3v) is 4.15. The van der Waals surface area contributed by atoms with Crippen LogP contribution in [0.5, 0.6) is 0 Å². The number of rotatable bonds is 3. The zero-order valence-electron chi connectivity index (χ0n) is 13.0. The molecule has 4 aromatic rings. The number of benzene rings is 3. The first-order chi connectivity index (χ1) is 11.8. The van der Waals surface area contributed by atoms with Crippen molar-refractivity contribution in [2.24, 2.45) is 0 Å². The number of fused-ring (bicyclic) bond motifs is 2. The summed E-state index contributed by atoms with van der Waals surface area (Å²) < 4.78 is 0. The lowest BCUT2D eigenvalue weighted by Gasteiger charge is -2.09. The van der Waals surface area contributed by atoms with Gasteiger partial charge in [-0.15, -0.1) is 0 Å². The van der Waals surface area contributed by atoms with Crippen LogP contribution >= 0.6 is 0 Å². The van der Waals surface area contributed by atoms with E-state index in [0.717, 1.165) is 32.7 Å². The van der Waals surface area contributed by atoms with Crippen molar-refractivity contribution in [1.29, 1.82) is 0 Å². The van der Waals surface area contributed by atoms with Crippen LogP contribution in [-0.4, -0.2) is 10.8 Å². The van der Waals surface area contributed by atoms with Crippen molar-refractivity contribution in [2.45, 2.75) is 0 Å². The maximum Gasteiger partial charge on any atom is 0.187 e. The first-order valence-electron chi connectivity index (χ1n) is 7.86. The Kier molecular flexibility index (Phi) is 3.64. The highest BCUT2D eigenvalue weighted by Crippen LogP contribution is 2.29. The average Bonchev–Trinajstić information content (AvgIpc) is 2.65. The Morgan fingerprint density at radius 3 is 2.00 bits per heavy atom. The summed E-state index contributed by atoms with van der Waals surface area (Å²) in [5, 5.41) is 4.13. The molecule has 0 N–H and O–H groups in total. The van der Waals surface area contributed by atoms with Crippen LogP contribution in [0.1, 0.15) is 15.9 Å². The molecule has 0 aliphatic rings. The second-order valence-corrected chi connectivity index (χ2v) is 5.67. The highest BCUT2D eigenvalue weighted by Gasteiger charge is 2.12. The molecule has 0 amide bonds. The average molecular weight is 309 g/mol. The summed E-state index contributed by atoms with van der Waals surface area (Å²) in [6, 6.07) is 21.9. The molecule has 1 heterocycles. The third kappa shape index (κ3) is 2.59. The summed E-state index contributed by atoms with van der Waals surface area (Å²) in [4.78, 5) is 16.9.